The number of carbonyl (C=O) groups is 2. The van der Waals surface area contributed by atoms with E-state index in [0.29, 0.717) is 22.8 Å². The van der Waals surface area contributed by atoms with E-state index in [9.17, 15) is 27.9 Å². The summed E-state index contributed by atoms with van der Waals surface area (Å²) < 4.78 is 56.5. The molecule has 5 rings (SSSR count). The van der Waals surface area contributed by atoms with Crippen LogP contribution in [0.2, 0.25) is 5.02 Å². The lowest BCUT2D eigenvalue weighted by atomic mass is 9.79. The number of halogens is 5. The van der Waals surface area contributed by atoms with Crippen molar-refractivity contribution in [2.24, 2.45) is 11.7 Å². The quantitative estimate of drug-likeness (QED) is 0.256. The van der Waals surface area contributed by atoms with Gasteiger partial charge in [-0.3, -0.25) is 15.1 Å². The minimum absolute atomic E-state index is 0.0450. The molecule has 3 amide bonds. The molecule has 3 heterocycles. The molecule has 2 aromatic heterocycles. The molecule has 2 fully saturated rings. The molecule has 43 heavy (non-hydrogen) atoms. The average molecular weight is 621 g/mol. The third-order valence-electron chi connectivity index (χ3n) is 7.97. The van der Waals surface area contributed by atoms with Gasteiger partial charge in [0.05, 0.1) is 22.8 Å². The predicted octanol–water partition coefficient (Wildman–Crippen LogP) is 5.20. The zero-order valence-electron chi connectivity index (χ0n) is 22.7. The second-order valence-electron chi connectivity index (χ2n) is 11.0. The fraction of sp³-hybridized carbons (Fsp3) is 0.379. The van der Waals surface area contributed by atoms with Gasteiger partial charge in [-0.15, -0.1) is 0 Å². The van der Waals surface area contributed by atoms with E-state index in [1.807, 2.05) is 0 Å². The molecule has 1 saturated carbocycles. The molecular weight excluding hydrogens is 592 g/mol. The Hall–Kier alpha value is -3.81. The van der Waals surface area contributed by atoms with Crippen molar-refractivity contribution in [3.05, 3.63) is 83.0 Å². The van der Waals surface area contributed by atoms with E-state index in [2.05, 4.69) is 20.6 Å². The zero-order valence-corrected chi connectivity index (χ0v) is 23.5. The number of β-amino-alcohol motifs (C(OH)–C–C–N with tert-alkyl or cyclic N) is 1. The summed E-state index contributed by atoms with van der Waals surface area (Å²) in [4.78, 5) is 34.9. The van der Waals surface area contributed by atoms with Gasteiger partial charge in [0.2, 0.25) is 5.91 Å². The van der Waals surface area contributed by atoms with Gasteiger partial charge in [0.25, 0.3) is 0 Å². The second kappa shape index (κ2) is 11.7. The number of alkyl halides is 3. The number of rotatable bonds is 8. The van der Waals surface area contributed by atoms with Gasteiger partial charge in [0, 0.05) is 25.0 Å². The molecular formula is C29H29ClF4N6O3. The van der Waals surface area contributed by atoms with Crippen LogP contribution in [0.15, 0.2) is 61.1 Å². The number of anilines is 2. The van der Waals surface area contributed by atoms with Gasteiger partial charge in [-0.05, 0) is 66.3 Å². The second-order valence-corrected chi connectivity index (χ2v) is 11.5. The molecule has 5 N–H and O–H groups in total. The highest BCUT2D eigenvalue weighted by molar-refractivity contribution is 6.30. The smallest absolute Gasteiger partial charge is 0.379 e. The Balaban J connectivity index is 1.42. The maximum Gasteiger partial charge on any atom is 0.419 e. The summed E-state index contributed by atoms with van der Waals surface area (Å²) >= 11 is 5.79. The molecule has 0 radical (unpaired) electrons. The molecule has 0 bridgehead atoms. The molecule has 14 heteroatoms. The Labute approximate surface area is 249 Å². The van der Waals surface area contributed by atoms with Gasteiger partial charge in [-0.2, -0.15) is 13.2 Å². The first kappa shape index (κ1) is 30.6. The van der Waals surface area contributed by atoms with Crippen molar-refractivity contribution in [2.75, 3.05) is 17.2 Å². The van der Waals surface area contributed by atoms with Crippen LogP contribution in [0.25, 0.3) is 0 Å². The topological polar surface area (TPSA) is 133 Å². The van der Waals surface area contributed by atoms with Crippen molar-refractivity contribution in [3.63, 3.8) is 0 Å². The molecule has 1 aliphatic heterocycles. The van der Waals surface area contributed by atoms with Crippen molar-refractivity contribution in [3.8, 4) is 0 Å². The highest BCUT2D eigenvalue weighted by atomic mass is 35.5. The fourth-order valence-corrected chi connectivity index (χ4v) is 5.34. The summed E-state index contributed by atoms with van der Waals surface area (Å²) in [6, 6.07) is 7.23. The van der Waals surface area contributed by atoms with Gasteiger partial charge in [-0.1, -0.05) is 30.5 Å². The summed E-state index contributed by atoms with van der Waals surface area (Å²) in [7, 11) is 0. The number of hydrogen-bond acceptors (Lipinski definition) is 6. The summed E-state index contributed by atoms with van der Waals surface area (Å²) in [5.74, 6) is -1.49. The Morgan fingerprint density at radius 3 is 2.44 bits per heavy atom. The van der Waals surface area contributed by atoms with Crippen LogP contribution >= 0.6 is 11.6 Å². The first-order chi connectivity index (χ1) is 20.3. The van der Waals surface area contributed by atoms with Crippen molar-refractivity contribution in [2.45, 2.75) is 55.5 Å². The number of amides is 3. The Morgan fingerprint density at radius 1 is 1.09 bits per heavy atom. The van der Waals surface area contributed by atoms with Crippen LogP contribution in [0.4, 0.5) is 33.9 Å². The lowest BCUT2D eigenvalue weighted by molar-refractivity contribution is -0.253. The standard InChI is InChI=1S/C29H29ClF4N6O3/c30-20-4-6-24(37-15-20)39-26(42)40-16-27(43,29(32,33)34)14-23(40)25(41)38-22-13-19(3-5-21(22)31)28(35,10-7-17-1-2-17)18-8-11-36-12-9-18/h3-6,8-9,11-13,15,17,23,43H,1-2,7,10,14,16,35H2,(H,38,41)(H,37,39,42). The van der Waals surface area contributed by atoms with Gasteiger partial charge in [0.1, 0.15) is 17.7 Å². The van der Waals surface area contributed by atoms with Crippen LogP contribution in [-0.4, -0.2) is 56.3 Å². The number of hydrogen-bond donors (Lipinski definition) is 4. The summed E-state index contributed by atoms with van der Waals surface area (Å²) in [6.07, 6.45) is 1.60. The third-order valence-corrected chi connectivity index (χ3v) is 8.19. The monoisotopic (exact) mass is 620 g/mol. The Morgan fingerprint density at radius 2 is 1.81 bits per heavy atom. The zero-order chi connectivity index (χ0) is 31.0. The van der Waals surface area contributed by atoms with E-state index in [1.165, 1.54) is 30.5 Å². The lowest BCUT2D eigenvalue weighted by Gasteiger charge is -2.31. The third kappa shape index (κ3) is 6.58. The van der Waals surface area contributed by atoms with Crippen LogP contribution in [0.5, 0.6) is 0 Å². The highest BCUT2D eigenvalue weighted by Gasteiger charge is 2.62. The van der Waals surface area contributed by atoms with Crippen molar-refractivity contribution < 1.29 is 32.3 Å². The van der Waals surface area contributed by atoms with Crippen LogP contribution in [0.1, 0.15) is 43.2 Å². The van der Waals surface area contributed by atoms with Gasteiger partial charge in [0.15, 0.2) is 5.60 Å². The number of urea groups is 1. The highest BCUT2D eigenvalue weighted by Crippen LogP contribution is 2.42. The number of aliphatic hydroxyl groups is 1. The number of pyridine rings is 2. The first-order valence-corrected chi connectivity index (χ1v) is 14.0. The lowest BCUT2D eigenvalue weighted by Crippen LogP contribution is -2.49. The van der Waals surface area contributed by atoms with E-state index < -0.39 is 54.1 Å². The summed E-state index contributed by atoms with van der Waals surface area (Å²) in [5, 5.41) is 15.3. The summed E-state index contributed by atoms with van der Waals surface area (Å²) in [5.41, 5.74) is 3.33. The molecule has 3 unspecified atom stereocenters. The number of nitrogens with zero attached hydrogens (tertiary/aromatic N) is 3. The number of benzene rings is 1. The van der Waals surface area contributed by atoms with Crippen LogP contribution < -0.4 is 16.4 Å². The summed E-state index contributed by atoms with van der Waals surface area (Å²) in [6.45, 7) is -1.23. The normalized spacial score (nSPS) is 21.7. The number of likely N-dealkylation sites (tertiary alicyclic amines) is 1. The van der Waals surface area contributed by atoms with Gasteiger partial charge >= 0.3 is 12.2 Å². The van der Waals surface area contributed by atoms with Crippen molar-refractivity contribution in [1.29, 1.82) is 0 Å². The molecule has 2 aliphatic rings. The van der Waals surface area contributed by atoms with E-state index in [1.54, 1.807) is 24.5 Å². The largest absolute Gasteiger partial charge is 0.419 e. The number of carbonyl (C=O) groups excluding carboxylic acids is 2. The van der Waals surface area contributed by atoms with E-state index in [4.69, 9.17) is 17.3 Å². The SMILES string of the molecule is NC(CCC1CC1)(c1ccncc1)c1ccc(F)c(NC(=O)C2CC(O)(C(F)(F)F)CN2C(=O)Nc2ccc(Cl)cn2)c1. The molecule has 3 atom stereocenters. The van der Waals surface area contributed by atoms with Crippen LogP contribution in [0, 0.1) is 11.7 Å². The van der Waals surface area contributed by atoms with Crippen LogP contribution in [0.3, 0.4) is 0 Å². The molecule has 3 aromatic rings. The molecule has 228 valence electrons. The van der Waals surface area contributed by atoms with Crippen LogP contribution in [-0.2, 0) is 10.3 Å². The minimum atomic E-state index is -5.16. The van der Waals surface area contributed by atoms with Gasteiger partial charge < -0.3 is 21.1 Å². The maximum absolute atomic E-state index is 15.0. The number of aromatic nitrogens is 2. The maximum atomic E-state index is 15.0. The predicted molar refractivity (Wildman–Crippen MR) is 151 cm³/mol. The molecule has 0 spiro atoms. The van der Waals surface area contributed by atoms with E-state index >= 15 is 4.39 Å². The molecule has 1 saturated heterocycles. The molecule has 1 aromatic carbocycles. The van der Waals surface area contributed by atoms with Crippen molar-refractivity contribution in [1.82, 2.24) is 14.9 Å². The Kier molecular flexibility index (Phi) is 8.34. The Bertz CT molecular complexity index is 1490. The number of nitrogens with one attached hydrogen (secondary N) is 2. The number of nitrogens with two attached hydrogens (primary N) is 1. The first-order valence-electron chi connectivity index (χ1n) is 13.6. The van der Waals surface area contributed by atoms with E-state index in [-0.39, 0.29) is 16.5 Å². The average Bonchev–Trinajstić information content (AvgIpc) is 3.73. The molecule has 1 aliphatic carbocycles. The van der Waals surface area contributed by atoms with Crippen molar-refractivity contribution >= 4 is 35.0 Å². The fourth-order valence-electron chi connectivity index (χ4n) is 5.23. The van der Waals surface area contributed by atoms with E-state index in [0.717, 1.165) is 30.9 Å². The molecule has 9 nitrogen and oxygen atoms in total. The minimum Gasteiger partial charge on any atom is -0.379 e. The van der Waals surface area contributed by atoms with Gasteiger partial charge in [-0.25, -0.2) is 14.2 Å².